The van der Waals surface area contributed by atoms with Crippen LogP contribution >= 0.6 is 0 Å². The number of rotatable bonds is 7. The summed E-state index contributed by atoms with van der Waals surface area (Å²) >= 11 is 0. The van der Waals surface area contributed by atoms with Crippen LogP contribution in [-0.2, 0) is 11.2 Å². The van der Waals surface area contributed by atoms with E-state index >= 15 is 0 Å². The van der Waals surface area contributed by atoms with Crippen molar-refractivity contribution < 1.29 is 29.2 Å². The van der Waals surface area contributed by atoms with Crippen LogP contribution in [0.25, 0.3) is 0 Å². The highest BCUT2D eigenvalue weighted by Gasteiger charge is 2.29. The second-order valence-corrected chi connectivity index (χ2v) is 4.83. The number of ether oxygens (including phenoxy) is 2. The zero-order valence-corrected chi connectivity index (χ0v) is 12.9. The first-order valence-corrected chi connectivity index (χ1v) is 6.81. The third-order valence-corrected chi connectivity index (χ3v) is 3.14. The zero-order valence-electron chi connectivity index (χ0n) is 12.9. The lowest BCUT2D eigenvalue weighted by Crippen LogP contribution is -2.04. The predicted molar refractivity (Wildman–Crippen MR) is 84.2 cm³/mol. The van der Waals surface area contributed by atoms with Gasteiger partial charge in [0.15, 0.2) is 0 Å². The van der Waals surface area contributed by atoms with Gasteiger partial charge in [-0.05, 0) is 29.8 Å². The summed E-state index contributed by atoms with van der Waals surface area (Å²) in [6.45, 7) is 0. The molecule has 0 aliphatic heterocycles. The Hall–Kier alpha value is -3.69. The van der Waals surface area contributed by atoms with Gasteiger partial charge in [0.05, 0.1) is 23.4 Å². The van der Waals surface area contributed by atoms with Crippen LogP contribution in [-0.4, -0.2) is 28.0 Å². The van der Waals surface area contributed by atoms with Crippen molar-refractivity contribution in [2.45, 2.75) is 6.42 Å². The molecule has 0 unspecified atom stereocenters. The highest BCUT2D eigenvalue weighted by molar-refractivity contribution is 5.73. The minimum atomic E-state index is -1.27. The van der Waals surface area contributed by atoms with Crippen molar-refractivity contribution in [3.05, 3.63) is 62.2 Å². The summed E-state index contributed by atoms with van der Waals surface area (Å²) in [6, 6.07) is 7.78. The van der Waals surface area contributed by atoms with E-state index in [0.29, 0.717) is 5.75 Å². The number of benzene rings is 2. The van der Waals surface area contributed by atoms with Crippen molar-refractivity contribution in [2.75, 3.05) is 7.11 Å². The number of carbonyl (C=O) groups is 1. The zero-order chi connectivity index (χ0) is 18.6. The maximum Gasteiger partial charge on any atom is 0.319 e. The van der Waals surface area contributed by atoms with Crippen molar-refractivity contribution >= 4 is 17.3 Å². The molecule has 2 aromatic rings. The maximum absolute atomic E-state index is 11.3. The summed E-state index contributed by atoms with van der Waals surface area (Å²) in [6.07, 6.45) is -0.593. The Morgan fingerprint density at radius 2 is 1.52 bits per heavy atom. The minimum Gasteiger partial charge on any atom is -0.497 e. The summed E-state index contributed by atoms with van der Waals surface area (Å²) in [4.78, 5) is 31.6. The van der Waals surface area contributed by atoms with E-state index in [1.165, 1.54) is 31.4 Å². The van der Waals surface area contributed by atoms with E-state index in [0.717, 1.165) is 12.1 Å². The minimum absolute atomic E-state index is 0.0759. The third kappa shape index (κ3) is 4.19. The monoisotopic (exact) mass is 348 g/mol. The molecule has 10 heteroatoms. The molecule has 2 aromatic carbocycles. The SMILES string of the molecule is COc1ccc(Oc2c([N+](=O)[O-])cc(CC(=O)O)cc2[N+](=O)[O-])cc1. The number of hydrogen-bond donors (Lipinski definition) is 1. The van der Waals surface area contributed by atoms with E-state index in [9.17, 15) is 25.0 Å². The molecule has 0 amide bonds. The fourth-order valence-corrected chi connectivity index (χ4v) is 2.07. The van der Waals surface area contributed by atoms with E-state index in [2.05, 4.69) is 0 Å². The lowest BCUT2D eigenvalue weighted by atomic mass is 10.1. The molecule has 0 atom stereocenters. The number of carboxylic acid groups (broad SMARTS) is 1. The normalized spacial score (nSPS) is 10.1. The number of carboxylic acids is 1. The fraction of sp³-hybridized carbons (Fsp3) is 0.133. The van der Waals surface area contributed by atoms with Gasteiger partial charge < -0.3 is 14.6 Å². The molecule has 0 heterocycles. The van der Waals surface area contributed by atoms with Gasteiger partial charge in [0.1, 0.15) is 11.5 Å². The van der Waals surface area contributed by atoms with E-state index in [-0.39, 0.29) is 11.3 Å². The lowest BCUT2D eigenvalue weighted by Gasteiger charge is -2.09. The van der Waals surface area contributed by atoms with Crippen molar-refractivity contribution in [2.24, 2.45) is 0 Å². The number of nitrogens with zero attached hydrogens (tertiary/aromatic N) is 2. The van der Waals surface area contributed by atoms with Crippen molar-refractivity contribution in [3.8, 4) is 17.2 Å². The standard InChI is InChI=1S/C15H12N2O8/c1-24-10-2-4-11(5-3-10)25-15-12(16(20)21)6-9(8-14(18)19)7-13(15)17(22)23/h2-7H,8H2,1H3,(H,18,19). The molecule has 0 saturated carbocycles. The molecule has 1 N–H and O–H groups in total. The molecule has 0 aliphatic carbocycles. The molecular weight excluding hydrogens is 336 g/mol. The first kappa shape index (κ1) is 17.7. The predicted octanol–water partition coefficient (Wildman–Crippen LogP) is 2.93. The van der Waals surface area contributed by atoms with Crippen LogP contribution in [0.1, 0.15) is 5.56 Å². The van der Waals surface area contributed by atoms with Gasteiger partial charge >= 0.3 is 17.3 Å². The Morgan fingerprint density at radius 1 is 1.04 bits per heavy atom. The molecule has 0 saturated heterocycles. The molecule has 130 valence electrons. The van der Waals surface area contributed by atoms with Gasteiger partial charge in [0.25, 0.3) is 5.75 Å². The molecular formula is C15H12N2O8. The summed E-state index contributed by atoms with van der Waals surface area (Å²) < 4.78 is 10.3. The molecule has 10 nitrogen and oxygen atoms in total. The van der Waals surface area contributed by atoms with Gasteiger partial charge in [-0.2, -0.15) is 0 Å². The smallest absolute Gasteiger partial charge is 0.319 e. The van der Waals surface area contributed by atoms with E-state index in [4.69, 9.17) is 14.6 Å². The average molecular weight is 348 g/mol. The fourth-order valence-electron chi connectivity index (χ4n) is 2.07. The Labute approximate surface area is 140 Å². The van der Waals surface area contributed by atoms with Crippen LogP contribution in [0, 0.1) is 20.2 Å². The number of hydrogen-bond acceptors (Lipinski definition) is 7. The Kier molecular flexibility index (Phi) is 5.12. The average Bonchev–Trinajstić information content (AvgIpc) is 2.55. The quantitative estimate of drug-likeness (QED) is 0.594. The number of nitro benzene ring substituents is 2. The topological polar surface area (TPSA) is 142 Å². The first-order valence-electron chi connectivity index (χ1n) is 6.81. The van der Waals surface area contributed by atoms with Crippen molar-refractivity contribution in [3.63, 3.8) is 0 Å². The lowest BCUT2D eigenvalue weighted by molar-refractivity contribution is -0.395. The highest BCUT2D eigenvalue weighted by atomic mass is 16.6. The molecule has 0 bridgehead atoms. The number of aliphatic carboxylic acids is 1. The van der Waals surface area contributed by atoms with Gasteiger partial charge in [-0.25, -0.2) is 0 Å². The van der Waals surface area contributed by atoms with Crippen LogP contribution in [0.5, 0.6) is 17.2 Å². The van der Waals surface area contributed by atoms with Gasteiger partial charge in [0, 0.05) is 12.1 Å². The van der Waals surface area contributed by atoms with Gasteiger partial charge in [-0.1, -0.05) is 0 Å². The highest BCUT2D eigenvalue weighted by Crippen LogP contribution is 2.41. The van der Waals surface area contributed by atoms with E-state index < -0.39 is 39.4 Å². The van der Waals surface area contributed by atoms with Crippen molar-refractivity contribution in [1.29, 1.82) is 0 Å². The summed E-state index contributed by atoms with van der Waals surface area (Å²) in [7, 11) is 1.45. The molecule has 2 rings (SSSR count). The molecule has 25 heavy (non-hydrogen) atoms. The number of nitro groups is 2. The first-order chi connectivity index (χ1) is 11.8. The largest absolute Gasteiger partial charge is 0.497 e. The summed E-state index contributed by atoms with van der Waals surface area (Å²) in [5.74, 6) is -1.21. The van der Waals surface area contributed by atoms with Crippen LogP contribution in [0.2, 0.25) is 0 Å². The third-order valence-electron chi connectivity index (χ3n) is 3.14. The molecule has 0 radical (unpaired) electrons. The number of methoxy groups -OCH3 is 1. The van der Waals surface area contributed by atoms with Crippen LogP contribution < -0.4 is 9.47 Å². The van der Waals surface area contributed by atoms with E-state index in [1.807, 2.05) is 0 Å². The molecule has 0 spiro atoms. The molecule has 0 aliphatic rings. The molecule has 0 fully saturated rings. The summed E-state index contributed by atoms with van der Waals surface area (Å²) in [5, 5.41) is 31.3. The maximum atomic E-state index is 11.3. The Morgan fingerprint density at radius 3 is 1.92 bits per heavy atom. The Bertz CT molecular complexity index is 797. The van der Waals surface area contributed by atoms with Crippen LogP contribution in [0.4, 0.5) is 11.4 Å². The van der Waals surface area contributed by atoms with Gasteiger partial charge in [-0.15, -0.1) is 0 Å². The summed E-state index contributed by atoms with van der Waals surface area (Å²) in [5.41, 5.74) is -1.46. The Balaban J connectivity index is 2.54. The second kappa shape index (κ2) is 7.25. The van der Waals surface area contributed by atoms with Gasteiger partial charge in [0.2, 0.25) is 0 Å². The van der Waals surface area contributed by atoms with E-state index in [1.54, 1.807) is 0 Å². The van der Waals surface area contributed by atoms with Crippen LogP contribution in [0.3, 0.4) is 0 Å². The second-order valence-electron chi connectivity index (χ2n) is 4.83. The van der Waals surface area contributed by atoms with Crippen LogP contribution in [0.15, 0.2) is 36.4 Å². The van der Waals surface area contributed by atoms with Gasteiger partial charge in [-0.3, -0.25) is 25.0 Å². The molecule has 0 aromatic heterocycles. The van der Waals surface area contributed by atoms with Crippen molar-refractivity contribution in [1.82, 2.24) is 0 Å².